The van der Waals surface area contributed by atoms with Gasteiger partial charge in [0.1, 0.15) is 0 Å². The summed E-state index contributed by atoms with van der Waals surface area (Å²) in [5.41, 5.74) is 2.42. The molecule has 0 radical (unpaired) electrons. The molecule has 0 aliphatic heterocycles. The summed E-state index contributed by atoms with van der Waals surface area (Å²) in [6.45, 7) is 1.97. The number of nitro benzene ring substituents is 1. The zero-order chi connectivity index (χ0) is 14.8. The summed E-state index contributed by atoms with van der Waals surface area (Å²) < 4.78 is 5.60. The molecule has 21 heavy (non-hydrogen) atoms. The molecule has 0 saturated heterocycles. The minimum absolute atomic E-state index is 0.0113. The van der Waals surface area contributed by atoms with Crippen LogP contribution in [0.4, 0.5) is 5.69 Å². The van der Waals surface area contributed by atoms with Crippen LogP contribution in [-0.2, 0) is 0 Å². The lowest BCUT2D eigenvalue weighted by atomic mass is 10.1. The molecule has 0 aliphatic rings. The Balaban J connectivity index is 1.98. The number of hydrogen-bond donors (Lipinski definition) is 0. The first-order valence-electron chi connectivity index (χ1n) is 6.29. The van der Waals surface area contributed by atoms with E-state index in [1.807, 2.05) is 31.2 Å². The van der Waals surface area contributed by atoms with Gasteiger partial charge in [-0.2, -0.15) is 0 Å². The summed E-state index contributed by atoms with van der Waals surface area (Å²) >= 11 is 0. The molecule has 3 aromatic rings. The maximum atomic E-state index is 10.8. The Morgan fingerprint density at radius 2 is 1.62 bits per heavy atom. The van der Waals surface area contributed by atoms with Crippen molar-refractivity contribution in [3.8, 4) is 22.9 Å². The smallest absolute Gasteiger partial charge is 0.270 e. The molecule has 0 N–H and O–H groups in total. The SMILES string of the molecule is Cc1cccc(-c2nnc(-c3cccc([N+](=O)[O-])c3)o2)c1. The number of rotatable bonds is 3. The van der Waals surface area contributed by atoms with Gasteiger partial charge in [0.25, 0.3) is 5.69 Å². The predicted molar refractivity (Wildman–Crippen MR) is 76.6 cm³/mol. The molecule has 1 heterocycles. The van der Waals surface area contributed by atoms with Crippen molar-refractivity contribution in [1.82, 2.24) is 10.2 Å². The molecule has 0 aliphatic carbocycles. The lowest BCUT2D eigenvalue weighted by Crippen LogP contribution is -1.88. The maximum Gasteiger partial charge on any atom is 0.270 e. The van der Waals surface area contributed by atoms with E-state index < -0.39 is 4.92 Å². The molecule has 0 fully saturated rings. The Labute approximate surface area is 120 Å². The molecule has 0 bridgehead atoms. The fourth-order valence-corrected chi connectivity index (χ4v) is 1.99. The molecule has 0 unspecified atom stereocenters. The molecule has 1 aromatic heterocycles. The lowest BCUT2D eigenvalue weighted by molar-refractivity contribution is -0.384. The van der Waals surface area contributed by atoms with Crippen LogP contribution in [0, 0.1) is 17.0 Å². The fourth-order valence-electron chi connectivity index (χ4n) is 1.99. The van der Waals surface area contributed by atoms with E-state index in [0.29, 0.717) is 11.5 Å². The second kappa shape index (κ2) is 5.16. The highest BCUT2D eigenvalue weighted by molar-refractivity contribution is 5.60. The van der Waals surface area contributed by atoms with Crippen LogP contribution in [0.25, 0.3) is 22.9 Å². The van der Waals surface area contributed by atoms with Gasteiger partial charge in [-0.15, -0.1) is 10.2 Å². The van der Waals surface area contributed by atoms with Gasteiger partial charge in [0, 0.05) is 23.3 Å². The summed E-state index contributed by atoms with van der Waals surface area (Å²) in [6, 6.07) is 13.8. The van der Waals surface area contributed by atoms with Crippen LogP contribution in [0.3, 0.4) is 0 Å². The van der Waals surface area contributed by atoms with Crippen LogP contribution in [0.15, 0.2) is 52.9 Å². The first-order chi connectivity index (χ1) is 10.1. The first kappa shape index (κ1) is 13.0. The van der Waals surface area contributed by atoms with Crippen LogP contribution >= 0.6 is 0 Å². The molecular weight excluding hydrogens is 270 g/mol. The molecule has 0 amide bonds. The number of hydrogen-bond acceptors (Lipinski definition) is 5. The summed E-state index contributed by atoms with van der Waals surface area (Å²) in [7, 11) is 0. The van der Waals surface area contributed by atoms with Gasteiger partial charge in [-0.3, -0.25) is 10.1 Å². The van der Waals surface area contributed by atoms with Crippen molar-refractivity contribution in [2.75, 3.05) is 0 Å². The lowest BCUT2D eigenvalue weighted by Gasteiger charge is -1.97. The van der Waals surface area contributed by atoms with Gasteiger partial charge in [0.2, 0.25) is 11.8 Å². The minimum Gasteiger partial charge on any atom is -0.416 e. The molecular formula is C15H11N3O3. The summed E-state index contributed by atoms with van der Waals surface area (Å²) in [5.74, 6) is 0.649. The van der Waals surface area contributed by atoms with E-state index in [0.717, 1.165) is 11.1 Å². The largest absolute Gasteiger partial charge is 0.416 e. The van der Waals surface area contributed by atoms with Gasteiger partial charge in [0.15, 0.2) is 0 Å². The highest BCUT2D eigenvalue weighted by Crippen LogP contribution is 2.26. The van der Waals surface area contributed by atoms with Crippen molar-refractivity contribution in [3.05, 3.63) is 64.2 Å². The quantitative estimate of drug-likeness (QED) is 0.541. The highest BCUT2D eigenvalue weighted by atomic mass is 16.6. The monoisotopic (exact) mass is 281 g/mol. The van der Waals surface area contributed by atoms with E-state index in [1.54, 1.807) is 12.1 Å². The molecule has 3 rings (SSSR count). The molecule has 6 nitrogen and oxygen atoms in total. The normalized spacial score (nSPS) is 10.5. The molecule has 0 atom stereocenters. The van der Waals surface area contributed by atoms with E-state index in [4.69, 9.17) is 4.42 Å². The van der Waals surface area contributed by atoms with Crippen molar-refractivity contribution < 1.29 is 9.34 Å². The van der Waals surface area contributed by atoms with Crippen LogP contribution in [-0.4, -0.2) is 15.1 Å². The van der Waals surface area contributed by atoms with Gasteiger partial charge in [-0.25, -0.2) is 0 Å². The summed E-state index contributed by atoms with van der Waals surface area (Å²) in [6.07, 6.45) is 0. The second-order valence-corrected chi connectivity index (χ2v) is 4.59. The number of non-ortho nitro benzene ring substituents is 1. The van der Waals surface area contributed by atoms with Crippen molar-refractivity contribution in [1.29, 1.82) is 0 Å². The van der Waals surface area contributed by atoms with Crippen LogP contribution in [0.1, 0.15) is 5.56 Å². The summed E-state index contributed by atoms with van der Waals surface area (Å²) in [5, 5.41) is 18.7. The average Bonchev–Trinajstić information content (AvgIpc) is 2.97. The van der Waals surface area contributed by atoms with Crippen LogP contribution in [0.5, 0.6) is 0 Å². The summed E-state index contributed by atoms with van der Waals surface area (Å²) in [4.78, 5) is 10.3. The van der Waals surface area contributed by atoms with Crippen molar-refractivity contribution >= 4 is 5.69 Å². The third kappa shape index (κ3) is 2.64. The number of nitro groups is 1. The Morgan fingerprint density at radius 1 is 1.00 bits per heavy atom. The second-order valence-electron chi connectivity index (χ2n) is 4.59. The Bertz CT molecular complexity index is 811. The van der Waals surface area contributed by atoms with Gasteiger partial charge >= 0.3 is 0 Å². The van der Waals surface area contributed by atoms with Crippen molar-refractivity contribution in [3.63, 3.8) is 0 Å². The van der Waals surface area contributed by atoms with E-state index in [2.05, 4.69) is 10.2 Å². The Hall–Kier alpha value is -3.02. The van der Waals surface area contributed by atoms with Crippen molar-refractivity contribution in [2.24, 2.45) is 0 Å². The Kier molecular flexibility index (Phi) is 3.19. The standard InChI is InChI=1S/C15H11N3O3/c1-10-4-2-5-11(8-10)14-16-17-15(21-14)12-6-3-7-13(9-12)18(19)20/h2-9H,1H3. The number of aryl methyl sites for hydroxylation is 1. The Morgan fingerprint density at radius 3 is 2.24 bits per heavy atom. The van der Waals surface area contributed by atoms with Gasteiger partial charge < -0.3 is 4.42 Å². The molecule has 0 spiro atoms. The average molecular weight is 281 g/mol. The van der Waals surface area contributed by atoms with Crippen LogP contribution in [0.2, 0.25) is 0 Å². The molecule has 6 heteroatoms. The van der Waals surface area contributed by atoms with E-state index in [-0.39, 0.29) is 11.6 Å². The predicted octanol–water partition coefficient (Wildman–Crippen LogP) is 3.62. The van der Waals surface area contributed by atoms with Gasteiger partial charge in [-0.05, 0) is 25.1 Å². The fraction of sp³-hybridized carbons (Fsp3) is 0.0667. The number of aromatic nitrogens is 2. The number of nitrogens with zero attached hydrogens (tertiary/aromatic N) is 3. The number of benzene rings is 2. The molecule has 104 valence electrons. The molecule has 0 saturated carbocycles. The topological polar surface area (TPSA) is 82.1 Å². The highest BCUT2D eigenvalue weighted by Gasteiger charge is 2.13. The minimum atomic E-state index is -0.457. The first-order valence-corrected chi connectivity index (χ1v) is 6.29. The van der Waals surface area contributed by atoms with E-state index >= 15 is 0 Å². The third-order valence-corrected chi connectivity index (χ3v) is 2.99. The maximum absolute atomic E-state index is 10.8. The zero-order valence-electron chi connectivity index (χ0n) is 11.2. The van der Waals surface area contributed by atoms with E-state index in [9.17, 15) is 10.1 Å². The van der Waals surface area contributed by atoms with Crippen LogP contribution < -0.4 is 0 Å². The third-order valence-electron chi connectivity index (χ3n) is 2.99. The van der Waals surface area contributed by atoms with Gasteiger partial charge in [-0.1, -0.05) is 23.8 Å². The van der Waals surface area contributed by atoms with Crippen molar-refractivity contribution in [2.45, 2.75) is 6.92 Å². The van der Waals surface area contributed by atoms with Gasteiger partial charge in [0.05, 0.1) is 4.92 Å². The zero-order valence-corrected chi connectivity index (χ0v) is 11.2. The molecule has 2 aromatic carbocycles. The van der Waals surface area contributed by atoms with E-state index in [1.165, 1.54) is 12.1 Å².